The van der Waals surface area contributed by atoms with Crippen LogP contribution in [0.15, 0.2) is 152 Å². The molecule has 6 aromatic carbocycles. The Morgan fingerprint density at radius 1 is 0.442 bits per heavy atom. The number of aromatic nitrogens is 2. The summed E-state index contributed by atoms with van der Waals surface area (Å²) in [5.41, 5.74) is 10.5. The number of nitrogens with zero attached hydrogens (tertiary/aromatic N) is 2. The van der Waals surface area contributed by atoms with Gasteiger partial charge in [-0.15, -0.1) is 0 Å². The summed E-state index contributed by atoms with van der Waals surface area (Å²) in [6.45, 7) is 2.21. The van der Waals surface area contributed by atoms with Gasteiger partial charge in [-0.05, 0) is 91.3 Å². The largest absolute Gasteiger partial charge is 0.264 e. The molecule has 8 aromatic rings. The van der Waals surface area contributed by atoms with E-state index in [0.717, 1.165) is 22.4 Å². The fourth-order valence-electron chi connectivity index (χ4n) is 6.45. The van der Waals surface area contributed by atoms with E-state index >= 15 is 0 Å². The van der Waals surface area contributed by atoms with E-state index in [1.54, 1.807) is 6.20 Å². The smallest absolute Gasteiger partial charge is 0.0702 e. The first-order chi connectivity index (χ1) is 21.2. The summed E-state index contributed by atoms with van der Waals surface area (Å²) in [4.78, 5) is 9.05. The molecule has 0 radical (unpaired) electrons. The van der Waals surface area contributed by atoms with Crippen LogP contribution in [0.4, 0.5) is 0 Å². The van der Waals surface area contributed by atoms with E-state index in [1.807, 2.05) is 18.5 Å². The van der Waals surface area contributed by atoms with Crippen LogP contribution in [0.25, 0.3) is 77.0 Å². The third kappa shape index (κ3) is 4.36. The second-order valence-corrected chi connectivity index (χ2v) is 11.1. The van der Waals surface area contributed by atoms with Crippen LogP contribution in [0.3, 0.4) is 0 Å². The first kappa shape index (κ1) is 25.1. The molecule has 8 rings (SSSR count). The molecule has 2 heterocycles. The molecule has 0 fully saturated rings. The van der Waals surface area contributed by atoms with Gasteiger partial charge >= 0.3 is 0 Å². The van der Waals surface area contributed by atoms with Gasteiger partial charge in [0.2, 0.25) is 0 Å². The molecule has 0 unspecified atom stereocenters. The van der Waals surface area contributed by atoms with Gasteiger partial charge in [-0.2, -0.15) is 0 Å². The summed E-state index contributed by atoms with van der Waals surface area (Å²) in [6, 6.07) is 48.1. The predicted molar refractivity (Wildman–Crippen MR) is 181 cm³/mol. The van der Waals surface area contributed by atoms with Gasteiger partial charge in [-0.25, -0.2) is 0 Å². The quantitative estimate of drug-likeness (QED) is 0.204. The van der Waals surface area contributed by atoms with Crippen LogP contribution in [0.2, 0.25) is 0 Å². The highest BCUT2D eigenvalue weighted by molar-refractivity contribution is 6.22. The lowest BCUT2D eigenvalue weighted by Gasteiger charge is -2.19. The number of aryl methyl sites for hydroxylation is 1. The number of benzene rings is 6. The molecule has 2 heteroatoms. The summed E-state index contributed by atoms with van der Waals surface area (Å²) in [7, 11) is 0. The van der Waals surface area contributed by atoms with Crippen molar-refractivity contribution in [3.8, 4) is 44.6 Å². The van der Waals surface area contributed by atoms with Gasteiger partial charge in [0, 0.05) is 35.3 Å². The molecule has 2 aromatic heterocycles. The Bertz CT molecular complexity index is 2230. The molecule has 0 aliphatic carbocycles. The highest BCUT2D eigenvalue weighted by Crippen LogP contribution is 2.45. The van der Waals surface area contributed by atoms with Crippen molar-refractivity contribution in [3.63, 3.8) is 0 Å². The lowest BCUT2D eigenvalue weighted by molar-refractivity contribution is 1.29. The van der Waals surface area contributed by atoms with Crippen molar-refractivity contribution in [1.29, 1.82) is 0 Å². The average Bonchev–Trinajstić information content (AvgIpc) is 3.07. The zero-order valence-electron chi connectivity index (χ0n) is 23.8. The maximum Gasteiger partial charge on any atom is 0.0702 e. The molecule has 0 aliphatic rings. The fourth-order valence-corrected chi connectivity index (χ4v) is 6.45. The van der Waals surface area contributed by atoms with Crippen LogP contribution in [0.5, 0.6) is 0 Å². The first-order valence-corrected chi connectivity index (χ1v) is 14.6. The van der Waals surface area contributed by atoms with Crippen molar-refractivity contribution < 1.29 is 0 Å². The summed E-state index contributed by atoms with van der Waals surface area (Å²) >= 11 is 0. The van der Waals surface area contributed by atoms with Gasteiger partial charge in [0.25, 0.3) is 0 Å². The van der Waals surface area contributed by atoms with E-state index < -0.39 is 0 Å². The topological polar surface area (TPSA) is 25.8 Å². The molecule has 0 amide bonds. The maximum atomic E-state index is 4.81. The molecule has 43 heavy (non-hydrogen) atoms. The summed E-state index contributed by atoms with van der Waals surface area (Å²) in [6.07, 6.45) is 5.59. The molecule has 0 saturated carbocycles. The fraction of sp³-hybridized carbons (Fsp3) is 0.0244. The van der Waals surface area contributed by atoms with E-state index in [9.17, 15) is 0 Å². The maximum absolute atomic E-state index is 4.81. The van der Waals surface area contributed by atoms with Crippen molar-refractivity contribution in [2.45, 2.75) is 6.92 Å². The second kappa shape index (κ2) is 10.3. The number of hydrogen-bond donors (Lipinski definition) is 0. The summed E-state index contributed by atoms with van der Waals surface area (Å²) < 4.78 is 0. The molecular formula is C41H28N2. The lowest BCUT2D eigenvalue weighted by Crippen LogP contribution is -1.93. The van der Waals surface area contributed by atoms with Crippen LogP contribution >= 0.6 is 0 Å². The minimum atomic E-state index is 0.962. The molecule has 0 aliphatic heterocycles. The molecular weight excluding hydrogens is 520 g/mol. The Labute approximate surface area is 251 Å². The Balaban J connectivity index is 1.29. The third-order valence-corrected chi connectivity index (χ3v) is 8.52. The molecule has 202 valence electrons. The third-order valence-electron chi connectivity index (χ3n) is 8.52. The van der Waals surface area contributed by atoms with Crippen molar-refractivity contribution >= 4 is 32.3 Å². The zero-order chi connectivity index (χ0) is 28.8. The van der Waals surface area contributed by atoms with E-state index in [1.165, 1.54) is 60.1 Å². The van der Waals surface area contributed by atoms with E-state index in [4.69, 9.17) is 4.98 Å². The van der Waals surface area contributed by atoms with Gasteiger partial charge in [-0.3, -0.25) is 9.97 Å². The second-order valence-electron chi connectivity index (χ2n) is 11.1. The monoisotopic (exact) mass is 548 g/mol. The standard InChI is InChI=1S/C41H28N2/c1-27-23-30(39-21-19-33(26-43-39)32-11-8-22-42-25-32)18-20-34(27)41-37-14-6-4-12-35(37)40(36-13-5-7-15-38(36)41)31-17-16-28-9-2-3-10-29(28)24-31/h2-26H,1H3. The normalized spacial score (nSPS) is 11.4. The summed E-state index contributed by atoms with van der Waals surface area (Å²) in [5, 5.41) is 7.57. The van der Waals surface area contributed by atoms with Crippen molar-refractivity contribution in [2.24, 2.45) is 0 Å². The Morgan fingerprint density at radius 3 is 1.72 bits per heavy atom. The first-order valence-electron chi connectivity index (χ1n) is 14.6. The van der Waals surface area contributed by atoms with Crippen LogP contribution in [-0.2, 0) is 0 Å². The lowest BCUT2D eigenvalue weighted by atomic mass is 9.84. The molecule has 0 atom stereocenters. The predicted octanol–water partition coefficient (Wildman–Crippen LogP) is 10.9. The van der Waals surface area contributed by atoms with E-state index in [0.29, 0.717) is 0 Å². The van der Waals surface area contributed by atoms with Gasteiger partial charge in [0.1, 0.15) is 0 Å². The van der Waals surface area contributed by atoms with Crippen LogP contribution in [0.1, 0.15) is 5.56 Å². The molecule has 0 spiro atoms. The zero-order valence-corrected chi connectivity index (χ0v) is 23.8. The average molecular weight is 549 g/mol. The van der Waals surface area contributed by atoms with Crippen LogP contribution < -0.4 is 0 Å². The van der Waals surface area contributed by atoms with Crippen molar-refractivity contribution in [2.75, 3.05) is 0 Å². The van der Waals surface area contributed by atoms with Crippen molar-refractivity contribution in [3.05, 3.63) is 158 Å². The number of hydrogen-bond acceptors (Lipinski definition) is 2. The van der Waals surface area contributed by atoms with Gasteiger partial charge < -0.3 is 0 Å². The molecule has 0 bridgehead atoms. The van der Waals surface area contributed by atoms with E-state index in [-0.39, 0.29) is 0 Å². The van der Waals surface area contributed by atoms with Gasteiger partial charge in [0.05, 0.1) is 5.69 Å². The Hall–Kier alpha value is -5.60. The molecule has 2 nitrogen and oxygen atoms in total. The number of rotatable bonds is 4. The highest BCUT2D eigenvalue weighted by atomic mass is 14.7. The number of pyridine rings is 2. The Kier molecular flexibility index (Phi) is 6.05. The molecule has 0 N–H and O–H groups in total. The van der Waals surface area contributed by atoms with Crippen LogP contribution in [-0.4, -0.2) is 9.97 Å². The SMILES string of the molecule is Cc1cc(-c2ccc(-c3cccnc3)cn2)ccc1-c1c2ccccc2c(-c2ccc3ccccc3c2)c2ccccc12. The van der Waals surface area contributed by atoms with E-state index in [2.05, 4.69) is 139 Å². The Morgan fingerprint density at radius 2 is 1.07 bits per heavy atom. The highest BCUT2D eigenvalue weighted by Gasteiger charge is 2.18. The van der Waals surface area contributed by atoms with Gasteiger partial charge in [-0.1, -0.05) is 109 Å². The van der Waals surface area contributed by atoms with Crippen LogP contribution in [0, 0.1) is 6.92 Å². The van der Waals surface area contributed by atoms with Crippen molar-refractivity contribution in [1.82, 2.24) is 9.97 Å². The summed E-state index contributed by atoms with van der Waals surface area (Å²) in [5.74, 6) is 0. The molecule has 0 saturated heterocycles. The number of fused-ring (bicyclic) bond motifs is 3. The van der Waals surface area contributed by atoms with Gasteiger partial charge in [0.15, 0.2) is 0 Å². The minimum absolute atomic E-state index is 0.962. The minimum Gasteiger partial charge on any atom is -0.264 e.